The number of aromatic nitrogens is 5. The van der Waals surface area contributed by atoms with E-state index in [2.05, 4.69) is 20.5 Å². The molecule has 1 saturated carbocycles. The lowest BCUT2D eigenvalue weighted by Crippen LogP contribution is -2.46. The molecule has 0 aliphatic heterocycles. The molecule has 1 fully saturated rings. The van der Waals surface area contributed by atoms with Gasteiger partial charge >= 0.3 is 0 Å². The maximum atomic E-state index is 13.2. The van der Waals surface area contributed by atoms with Crippen LogP contribution in [-0.4, -0.2) is 65.7 Å². The molecule has 0 atom stereocenters. The van der Waals surface area contributed by atoms with Gasteiger partial charge < -0.3 is 10.1 Å². The van der Waals surface area contributed by atoms with Crippen molar-refractivity contribution in [3.8, 4) is 11.4 Å². The van der Waals surface area contributed by atoms with E-state index < -0.39 is 0 Å². The van der Waals surface area contributed by atoms with E-state index in [1.807, 2.05) is 12.4 Å². The standard InChI is InChI=1S/C25H29N7O4/c1-15(2)25(34)32(35)18-7-5-17(6-8-18)28-24(33)19-11-16-14-31(29-20(16)12-22(19)36-3)21-13-27-30-10-4-9-26-23(21)30/h4,9-15,17-18,35H,5-8H2,1-3H3,(H,28,33). The number of amides is 2. The van der Waals surface area contributed by atoms with Gasteiger partial charge in [0.15, 0.2) is 5.65 Å². The second-order valence-corrected chi connectivity index (χ2v) is 9.42. The SMILES string of the molecule is COc1cc2nn(-c3cnn4cccnc34)cc2cc1C(=O)NC1CCC(N(O)C(=O)C(C)C)CC1. The molecule has 188 valence electrons. The molecule has 36 heavy (non-hydrogen) atoms. The maximum Gasteiger partial charge on any atom is 0.255 e. The summed E-state index contributed by atoms with van der Waals surface area (Å²) in [7, 11) is 1.52. The molecule has 1 aromatic carbocycles. The molecule has 0 bridgehead atoms. The molecule has 1 aliphatic carbocycles. The molecular formula is C25H29N7O4. The zero-order chi connectivity index (χ0) is 25.4. The molecule has 11 heteroatoms. The fourth-order valence-corrected chi connectivity index (χ4v) is 4.67. The molecule has 0 saturated heterocycles. The Bertz CT molecular complexity index is 1420. The Balaban J connectivity index is 1.33. The van der Waals surface area contributed by atoms with Crippen molar-refractivity contribution in [2.24, 2.45) is 5.92 Å². The second-order valence-electron chi connectivity index (χ2n) is 9.42. The number of methoxy groups -OCH3 is 1. The van der Waals surface area contributed by atoms with Crippen LogP contribution in [0.4, 0.5) is 0 Å². The van der Waals surface area contributed by atoms with Crippen LogP contribution in [0, 0.1) is 5.92 Å². The lowest BCUT2D eigenvalue weighted by atomic mass is 9.90. The van der Waals surface area contributed by atoms with Crippen LogP contribution in [0.25, 0.3) is 22.2 Å². The molecule has 3 aromatic heterocycles. The number of benzene rings is 1. The van der Waals surface area contributed by atoms with Crippen molar-refractivity contribution in [2.75, 3.05) is 7.11 Å². The average molecular weight is 492 g/mol. The number of carbonyl (C=O) groups excluding carboxylic acids is 2. The third kappa shape index (κ3) is 4.37. The van der Waals surface area contributed by atoms with Gasteiger partial charge in [-0.15, -0.1) is 0 Å². The minimum absolute atomic E-state index is 0.0516. The van der Waals surface area contributed by atoms with E-state index in [1.165, 1.54) is 7.11 Å². The van der Waals surface area contributed by atoms with Crippen molar-refractivity contribution in [1.82, 2.24) is 34.8 Å². The van der Waals surface area contributed by atoms with Crippen LogP contribution >= 0.6 is 0 Å². The van der Waals surface area contributed by atoms with Gasteiger partial charge in [0.2, 0.25) is 5.91 Å². The van der Waals surface area contributed by atoms with Gasteiger partial charge in [0.05, 0.1) is 30.4 Å². The normalized spacial score (nSPS) is 18.0. The number of hydroxylamine groups is 2. The van der Waals surface area contributed by atoms with Crippen LogP contribution in [0.5, 0.6) is 5.75 Å². The van der Waals surface area contributed by atoms with Crippen molar-refractivity contribution in [2.45, 2.75) is 51.6 Å². The number of carbonyl (C=O) groups is 2. The van der Waals surface area contributed by atoms with E-state index in [0.29, 0.717) is 48.2 Å². The van der Waals surface area contributed by atoms with Crippen LogP contribution in [0.2, 0.25) is 0 Å². The van der Waals surface area contributed by atoms with Gasteiger partial charge in [-0.25, -0.2) is 19.2 Å². The minimum Gasteiger partial charge on any atom is -0.496 e. The summed E-state index contributed by atoms with van der Waals surface area (Å²) < 4.78 is 8.88. The van der Waals surface area contributed by atoms with Crippen LogP contribution in [-0.2, 0) is 4.79 Å². The smallest absolute Gasteiger partial charge is 0.255 e. The highest BCUT2D eigenvalue weighted by Gasteiger charge is 2.30. The fourth-order valence-electron chi connectivity index (χ4n) is 4.67. The largest absolute Gasteiger partial charge is 0.496 e. The predicted molar refractivity (Wildman–Crippen MR) is 131 cm³/mol. The van der Waals surface area contributed by atoms with Crippen LogP contribution in [0.1, 0.15) is 49.9 Å². The van der Waals surface area contributed by atoms with Gasteiger partial charge in [0, 0.05) is 42.0 Å². The summed E-state index contributed by atoms with van der Waals surface area (Å²) in [4.78, 5) is 29.7. The number of ether oxygens (including phenoxy) is 1. The Hall–Kier alpha value is -3.99. The number of hydrogen-bond donors (Lipinski definition) is 2. The zero-order valence-electron chi connectivity index (χ0n) is 20.5. The van der Waals surface area contributed by atoms with Crippen molar-refractivity contribution < 1.29 is 19.5 Å². The Morgan fingerprint density at radius 2 is 2.00 bits per heavy atom. The Morgan fingerprint density at radius 1 is 1.22 bits per heavy atom. The van der Waals surface area contributed by atoms with Gasteiger partial charge in [-0.1, -0.05) is 13.8 Å². The van der Waals surface area contributed by atoms with Gasteiger partial charge in [0.25, 0.3) is 5.91 Å². The number of hydrogen-bond acceptors (Lipinski definition) is 7. The average Bonchev–Trinajstić information content (AvgIpc) is 3.50. The molecule has 11 nitrogen and oxygen atoms in total. The highest BCUT2D eigenvalue weighted by molar-refractivity contribution is 6.01. The number of nitrogens with one attached hydrogen (secondary N) is 1. The topological polar surface area (TPSA) is 127 Å². The molecule has 2 amide bonds. The number of fused-ring (bicyclic) bond motifs is 2. The number of nitrogens with zero attached hydrogens (tertiary/aromatic N) is 6. The summed E-state index contributed by atoms with van der Waals surface area (Å²) in [5.74, 6) is -0.341. The summed E-state index contributed by atoms with van der Waals surface area (Å²) in [6.45, 7) is 3.53. The van der Waals surface area contributed by atoms with Gasteiger partial charge in [0.1, 0.15) is 11.4 Å². The minimum atomic E-state index is -0.277. The lowest BCUT2D eigenvalue weighted by molar-refractivity contribution is -0.182. The van der Waals surface area contributed by atoms with Crippen molar-refractivity contribution in [1.29, 1.82) is 0 Å². The van der Waals surface area contributed by atoms with Gasteiger partial charge in [-0.2, -0.15) is 10.2 Å². The zero-order valence-corrected chi connectivity index (χ0v) is 20.5. The Kier molecular flexibility index (Phi) is 6.31. The first kappa shape index (κ1) is 23.7. The molecule has 3 heterocycles. The Morgan fingerprint density at radius 3 is 2.72 bits per heavy atom. The maximum absolute atomic E-state index is 13.2. The highest BCUT2D eigenvalue weighted by atomic mass is 16.5. The monoisotopic (exact) mass is 491 g/mol. The summed E-state index contributed by atoms with van der Waals surface area (Å²) in [6.07, 6.45) is 9.62. The molecule has 4 aromatic rings. The first-order valence-electron chi connectivity index (χ1n) is 12.0. The van der Waals surface area contributed by atoms with Crippen molar-refractivity contribution in [3.63, 3.8) is 0 Å². The second kappa shape index (κ2) is 9.57. The third-order valence-corrected chi connectivity index (χ3v) is 6.68. The summed E-state index contributed by atoms with van der Waals surface area (Å²) in [6, 6.07) is 5.05. The van der Waals surface area contributed by atoms with E-state index in [1.54, 1.807) is 53.6 Å². The van der Waals surface area contributed by atoms with Crippen LogP contribution in [0.15, 0.2) is 43.0 Å². The Labute approximate surface area is 207 Å². The highest BCUT2D eigenvalue weighted by Crippen LogP contribution is 2.28. The molecule has 0 radical (unpaired) electrons. The van der Waals surface area contributed by atoms with E-state index in [-0.39, 0.29) is 29.8 Å². The van der Waals surface area contributed by atoms with Gasteiger partial charge in [-0.3, -0.25) is 14.8 Å². The molecule has 1 aliphatic rings. The fraction of sp³-hybridized carbons (Fsp3) is 0.400. The van der Waals surface area contributed by atoms with E-state index in [9.17, 15) is 14.8 Å². The first-order valence-corrected chi connectivity index (χ1v) is 12.0. The first-order chi connectivity index (χ1) is 17.4. The molecule has 2 N–H and O–H groups in total. The van der Waals surface area contributed by atoms with E-state index in [4.69, 9.17) is 4.74 Å². The molecule has 5 rings (SSSR count). The lowest BCUT2D eigenvalue weighted by Gasteiger charge is -2.34. The van der Waals surface area contributed by atoms with Crippen LogP contribution < -0.4 is 10.1 Å². The van der Waals surface area contributed by atoms with E-state index >= 15 is 0 Å². The van der Waals surface area contributed by atoms with Crippen molar-refractivity contribution >= 4 is 28.4 Å². The molecule has 0 spiro atoms. The third-order valence-electron chi connectivity index (χ3n) is 6.68. The molecular weight excluding hydrogens is 462 g/mol. The quantitative estimate of drug-likeness (QED) is 0.314. The van der Waals surface area contributed by atoms with E-state index in [0.717, 1.165) is 16.1 Å². The molecule has 0 unspecified atom stereocenters. The summed E-state index contributed by atoms with van der Waals surface area (Å²) in [5, 5.41) is 23.9. The van der Waals surface area contributed by atoms with Gasteiger partial charge in [-0.05, 0) is 37.8 Å². The van der Waals surface area contributed by atoms with Crippen molar-refractivity contribution in [3.05, 3.63) is 48.5 Å². The summed E-state index contributed by atoms with van der Waals surface area (Å²) in [5.41, 5.74) is 2.49. The predicted octanol–water partition coefficient (Wildman–Crippen LogP) is 2.99. The van der Waals surface area contributed by atoms with Crippen LogP contribution in [0.3, 0.4) is 0 Å². The number of rotatable bonds is 6. The summed E-state index contributed by atoms with van der Waals surface area (Å²) >= 11 is 0.